The molecule has 6 heteroatoms. The predicted molar refractivity (Wildman–Crippen MR) is 82.2 cm³/mol. The number of aryl methyl sites for hydroxylation is 1. The molecule has 0 saturated carbocycles. The number of hydrogen-bond donors (Lipinski definition) is 1. The Hall–Kier alpha value is -1.66. The third kappa shape index (κ3) is 2.87. The molecule has 0 aliphatic carbocycles. The maximum atomic E-state index is 5.69. The van der Waals surface area contributed by atoms with Crippen molar-refractivity contribution >= 4 is 11.5 Å². The van der Waals surface area contributed by atoms with E-state index in [1.807, 2.05) is 6.07 Å². The van der Waals surface area contributed by atoms with E-state index in [-0.39, 0.29) is 6.04 Å². The van der Waals surface area contributed by atoms with Crippen LogP contribution in [0.4, 0.5) is 0 Å². The minimum absolute atomic E-state index is 0.0979. The number of nitrogens with zero attached hydrogens (tertiary/aromatic N) is 2. The van der Waals surface area contributed by atoms with E-state index in [0.29, 0.717) is 13.2 Å². The van der Waals surface area contributed by atoms with Gasteiger partial charge in [0.1, 0.15) is 13.2 Å². The number of rotatable bonds is 5. The van der Waals surface area contributed by atoms with E-state index in [4.69, 9.17) is 9.47 Å². The summed E-state index contributed by atoms with van der Waals surface area (Å²) < 4.78 is 15.4. The Kier molecular flexibility index (Phi) is 4.36. The van der Waals surface area contributed by atoms with Crippen molar-refractivity contribution in [2.75, 3.05) is 19.8 Å². The number of benzene rings is 1. The maximum Gasteiger partial charge on any atom is 0.161 e. The molecule has 0 spiro atoms. The third-order valence-corrected chi connectivity index (χ3v) is 4.32. The van der Waals surface area contributed by atoms with E-state index < -0.39 is 0 Å². The van der Waals surface area contributed by atoms with E-state index >= 15 is 0 Å². The lowest BCUT2D eigenvalue weighted by Gasteiger charge is -2.22. The van der Waals surface area contributed by atoms with Gasteiger partial charge >= 0.3 is 0 Å². The molecule has 0 radical (unpaired) electrons. The lowest BCUT2D eigenvalue weighted by molar-refractivity contribution is 0.171. The summed E-state index contributed by atoms with van der Waals surface area (Å²) >= 11 is 1.46. The minimum atomic E-state index is 0.0979. The third-order valence-electron chi connectivity index (χ3n) is 3.49. The normalized spacial score (nSPS) is 15.0. The summed E-state index contributed by atoms with van der Waals surface area (Å²) in [6.45, 7) is 6.30. The number of hydrogen-bond acceptors (Lipinski definition) is 6. The van der Waals surface area contributed by atoms with Gasteiger partial charge in [-0.2, -0.15) is 0 Å². The van der Waals surface area contributed by atoms with Crippen LogP contribution in [0.1, 0.15) is 36.0 Å². The van der Waals surface area contributed by atoms with Crippen molar-refractivity contribution < 1.29 is 9.47 Å². The van der Waals surface area contributed by atoms with Gasteiger partial charge in [0.05, 0.1) is 16.6 Å². The van der Waals surface area contributed by atoms with Crippen LogP contribution in [0.25, 0.3) is 0 Å². The first-order valence-electron chi connectivity index (χ1n) is 7.27. The molecule has 0 amide bonds. The van der Waals surface area contributed by atoms with Crippen LogP contribution in [0.5, 0.6) is 11.5 Å². The van der Waals surface area contributed by atoms with Crippen LogP contribution in [0.2, 0.25) is 0 Å². The van der Waals surface area contributed by atoms with Crippen LogP contribution in [-0.4, -0.2) is 29.3 Å². The van der Waals surface area contributed by atoms with Crippen molar-refractivity contribution in [2.24, 2.45) is 0 Å². The van der Waals surface area contributed by atoms with Gasteiger partial charge < -0.3 is 14.8 Å². The molecule has 0 saturated heterocycles. The number of nitrogens with one attached hydrogen (secondary N) is 1. The fourth-order valence-corrected chi connectivity index (χ4v) is 3.33. The zero-order chi connectivity index (χ0) is 14.7. The van der Waals surface area contributed by atoms with Crippen molar-refractivity contribution in [1.29, 1.82) is 0 Å². The first-order chi connectivity index (χ1) is 10.3. The van der Waals surface area contributed by atoms with Crippen molar-refractivity contribution in [3.8, 4) is 11.5 Å². The van der Waals surface area contributed by atoms with Crippen LogP contribution >= 0.6 is 11.5 Å². The lowest BCUT2D eigenvalue weighted by atomic mass is 10.0. The highest BCUT2D eigenvalue weighted by atomic mass is 32.1. The van der Waals surface area contributed by atoms with Gasteiger partial charge in [0.25, 0.3) is 0 Å². The number of fused-ring (bicyclic) bond motifs is 1. The number of ether oxygens (including phenoxy) is 2. The topological polar surface area (TPSA) is 56.3 Å². The molecule has 1 aliphatic rings. The summed E-state index contributed by atoms with van der Waals surface area (Å²) in [5.41, 5.74) is 2.21. The molecule has 112 valence electrons. The monoisotopic (exact) mass is 305 g/mol. The van der Waals surface area contributed by atoms with Crippen molar-refractivity contribution in [1.82, 2.24) is 14.9 Å². The van der Waals surface area contributed by atoms with Crippen LogP contribution in [0.15, 0.2) is 18.2 Å². The molecule has 21 heavy (non-hydrogen) atoms. The maximum absolute atomic E-state index is 5.69. The van der Waals surface area contributed by atoms with E-state index in [9.17, 15) is 0 Å². The van der Waals surface area contributed by atoms with E-state index in [2.05, 4.69) is 40.9 Å². The summed E-state index contributed by atoms with van der Waals surface area (Å²) in [4.78, 5) is 1.18. The van der Waals surface area contributed by atoms with Gasteiger partial charge in [-0.05, 0) is 42.2 Å². The van der Waals surface area contributed by atoms with Crippen LogP contribution in [-0.2, 0) is 6.42 Å². The second-order valence-electron chi connectivity index (χ2n) is 4.83. The molecule has 1 aliphatic heterocycles. The molecule has 1 unspecified atom stereocenters. The van der Waals surface area contributed by atoms with Gasteiger partial charge in [-0.15, -0.1) is 5.10 Å². The summed E-state index contributed by atoms with van der Waals surface area (Å²) in [5.74, 6) is 1.63. The Labute approximate surface area is 128 Å². The van der Waals surface area contributed by atoms with Gasteiger partial charge in [-0.3, -0.25) is 0 Å². The van der Waals surface area contributed by atoms with Crippen LogP contribution in [0, 0.1) is 0 Å². The van der Waals surface area contributed by atoms with Gasteiger partial charge in [0.15, 0.2) is 11.5 Å². The van der Waals surface area contributed by atoms with E-state index in [1.54, 1.807) is 0 Å². The fourth-order valence-electron chi connectivity index (χ4n) is 2.49. The highest BCUT2D eigenvalue weighted by Crippen LogP contribution is 2.35. The molecule has 0 fully saturated rings. The molecule has 2 aromatic rings. The quantitative estimate of drug-likeness (QED) is 0.920. The summed E-state index contributed by atoms with van der Waals surface area (Å²) in [6.07, 6.45) is 0.887. The van der Waals surface area contributed by atoms with Crippen molar-refractivity contribution in [2.45, 2.75) is 26.3 Å². The van der Waals surface area contributed by atoms with Crippen molar-refractivity contribution in [3.63, 3.8) is 0 Å². The molecule has 1 atom stereocenters. The lowest BCUT2D eigenvalue weighted by Crippen LogP contribution is -2.23. The Morgan fingerprint density at radius 1 is 1.24 bits per heavy atom. The van der Waals surface area contributed by atoms with E-state index in [0.717, 1.165) is 35.7 Å². The smallest absolute Gasteiger partial charge is 0.161 e. The zero-order valence-corrected chi connectivity index (χ0v) is 13.1. The molecular weight excluding hydrogens is 286 g/mol. The summed E-state index contributed by atoms with van der Waals surface area (Å²) in [6, 6.07) is 6.22. The van der Waals surface area contributed by atoms with Gasteiger partial charge in [-0.25, -0.2) is 0 Å². The van der Waals surface area contributed by atoms with Crippen LogP contribution in [0.3, 0.4) is 0 Å². The molecule has 0 bridgehead atoms. The van der Waals surface area contributed by atoms with Gasteiger partial charge in [-0.1, -0.05) is 24.4 Å². The fraction of sp³-hybridized carbons (Fsp3) is 0.467. The Morgan fingerprint density at radius 3 is 2.81 bits per heavy atom. The Morgan fingerprint density at radius 2 is 2.05 bits per heavy atom. The minimum Gasteiger partial charge on any atom is -0.486 e. The standard InChI is InChI=1S/C15H19N3O2S/c1-3-11-15(21-18-17-11)14(16-4-2)10-5-6-12-13(9-10)20-8-7-19-12/h5-6,9,14,16H,3-4,7-8H2,1-2H3. The molecule has 1 N–H and O–H groups in total. The highest BCUT2D eigenvalue weighted by Gasteiger charge is 2.22. The summed E-state index contributed by atoms with van der Waals surface area (Å²) in [7, 11) is 0. The Balaban J connectivity index is 1.97. The molecule has 5 nitrogen and oxygen atoms in total. The van der Waals surface area contributed by atoms with Crippen LogP contribution < -0.4 is 14.8 Å². The average molecular weight is 305 g/mol. The first-order valence-corrected chi connectivity index (χ1v) is 8.04. The average Bonchev–Trinajstić information content (AvgIpc) is 3.00. The SMILES string of the molecule is CCNC(c1ccc2c(c1)OCCO2)c1snnc1CC. The zero-order valence-electron chi connectivity index (χ0n) is 12.3. The molecule has 1 aromatic heterocycles. The van der Waals surface area contributed by atoms with Gasteiger partial charge in [0.2, 0.25) is 0 Å². The molecule has 3 rings (SSSR count). The van der Waals surface area contributed by atoms with Crippen molar-refractivity contribution in [3.05, 3.63) is 34.3 Å². The van der Waals surface area contributed by atoms with Gasteiger partial charge in [0, 0.05) is 0 Å². The predicted octanol–water partition coefficient (Wildman–Crippen LogP) is 2.57. The molecule has 1 aromatic carbocycles. The van der Waals surface area contributed by atoms with E-state index in [1.165, 1.54) is 16.4 Å². The highest BCUT2D eigenvalue weighted by molar-refractivity contribution is 7.05. The first kappa shape index (κ1) is 14.3. The Bertz CT molecular complexity index is 615. The second kappa shape index (κ2) is 6.41. The molecular formula is C15H19N3O2S. The second-order valence-corrected chi connectivity index (χ2v) is 5.62. The molecule has 2 heterocycles. The largest absolute Gasteiger partial charge is 0.486 e. The number of aromatic nitrogens is 2. The summed E-state index contributed by atoms with van der Waals surface area (Å²) in [5, 5.41) is 7.74.